The molecule has 4 aromatic carbocycles. The number of amides is 1. The van der Waals surface area contributed by atoms with E-state index in [9.17, 15) is 4.79 Å². The summed E-state index contributed by atoms with van der Waals surface area (Å²) >= 11 is 6.36. The van der Waals surface area contributed by atoms with E-state index in [1.165, 1.54) is 11.8 Å². The van der Waals surface area contributed by atoms with Crippen molar-refractivity contribution < 1.29 is 9.53 Å². The van der Waals surface area contributed by atoms with Crippen LogP contribution in [0.1, 0.15) is 5.56 Å². The number of benzene rings is 4. The average Bonchev–Trinajstić information content (AvgIpc) is 3.15. The number of carbonyl (C=O) groups excluding carboxylic acids is 1. The molecule has 1 saturated heterocycles. The third kappa shape index (κ3) is 4.05. The van der Waals surface area contributed by atoms with Crippen molar-refractivity contribution in [3.8, 4) is 28.0 Å². The van der Waals surface area contributed by atoms with Crippen molar-refractivity contribution in [2.75, 3.05) is 7.11 Å². The van der Waals surface area contributed by atoms with Crippen LogP contribution in [0, 0.1) is 0 Å². The number of ether oxygens (including phenoxy) is 1. The van der Waals surface area contributed by atoms with Gasteiger partial charge in [0.2, 0.25) is 0 Å². The zero-order valence-corrected chi connectivity index (χ0v) is 18.9. The van der Waals surface area contributed by atoms with Crippen LogP contribution in [0.4, 0.5) is 0 Å². The summed E-state index contributed by atoms with van der Waals surface area (Å²) in [6.45, 7) is 0. The van der Waals surface area contributed by atoms with Crippen molar-refractivity contribution in [3.63, 3.8) is 0 Å². The van der Waals surface area contributed by atoms with Crippen molar-refractivity contribution in [3.05, 3.63) is 95.4 Å². The maximum absolute atomic E-state index is 11.9. The van der Waals surface area contributed by atoms with Crippen LogP contribution >= 0.6 is 24.0 Å². The Labute approximate surface area is 196 Å². The smallest absolute Gasteiger partial charge is 0.263 e. The molecule has 0 aromatic heterocycles. The molecule has 4 aromatic rings. The van der Waals surface area contributed by atoms with Crippen LogP contribution < -0.4 is 10.1 Å². The van der Waals surface area contributed by atoms with Crippen molar-refractivity contribution >= 4 is 51.1 Å². The summed E-state index contributed by atoms with van der Waals surface area (Å²) in [5.41, 5.74) is 5.43. The van der Waals surface area contributed by atoms with Gasteiger partial charge in [-0.25, -0.2) is 0 Å². The molecule has 0 saturated carbocycles. The highest BCUT2D eigenvalue weighted by Gasteiger charge is 2.21. The molecule has 1 heterocycles. The number of nitrogens with one attached hydrogen (secondary N) is 1. The maximum Gasteiger partial charge on any atom is 0.263 e. The SMILES string of the molecule is COc1ccc(-c2ccc3cc(C=C4SC(=S)NC4=O)ccc3c2)cc1-c1ccccc1. The van der Waals surface area contributed by atoms with Crippen molar-refractivity contribution in [1.29, 1.82) is 0 Å². The van der Waals surface area contributed by atoms with E-state index in [1.54, 1.807) is 7.11 Å². The van der Waals surface area contributed by atoms with Gasteiger partial charge >= 0.3 is 0 Å². The summed E-state index contributed by atoms with van der Waals surface area (Å²) in [5.74, 6) is 0.718. The van der Waals surface area contributed by atoms with E-state index in [1.807, 2.05) is 36.4 Å². The van der Waals surface area contributed by atoms with Gasteiger partial charge in [-0.15, -0.1) is 0 Å². The highest BCUT2D eigenvalue weighted by Crippen LogP contribution is 2.35. The van der Waals surface area contributed by atoms with Gasteiger partial charge in [-0.05, 0) is 63.4 Å². The third-order valence-electron chi connectivity index (χ3n) is 5.42. The number of rotatable bonds is 4. The normalized spacial score (nSPS) is 14.7. The fourth-order valence-corrected chi connectivity index (χ4v) is 4.88. The molecule has 0 unspecified atom stereocenters. The summed E-state index contributed by atoms with van der Waals surface area (Å²) in [5, 5.41) is 4.91. The van der Waals surface area contributed by atoms with E-state index >= 15 is 0 Å². The number of thioether (sulfide) groups is 1. The largest absolute Gasteiger partial charge is 0.496 e. The molecule has 0 bridgehead atoms. The molecule has 32 heavy (non-hydrogen) atoms. The number of fused-ring (bicyclic) bond motifs is 1. The molecular formula is C27H19NO2S2. The van der Waals surface area contributed by atoms with E-state index in [0.29, 0.717) is 9.23 Å². The van der Waals surface area contributed by atoms with Gasteiger partial charge in [0.1, 0.15) is 10.1 Å². The number of carbonyl (C=O) groups is 1. The molecule has 1 amide bonds. The molecule has 0 aliphatic carbocycles. The van der Waals surface area contributed by atoms with Gasteiger partial charge in [0.25, 0.3) is 5.91 Å². The van der Waals surface area contributed by atoms with E-state index in [0.717, 1.165) is 44.3 Å². The van der Waals surface area contributed by atoms with Crippen LogP contribution in [0.25, 0.3) is 39.1 Å². The summed E-state index contributed by atoms with van der Waals surface area (Å²) < 4.78 is 6.10. The fourth-order valence-electron chi connectivity index (χ4n) is 3.84. The Kier molecular flexibility index (Phi) is 5.52. The second-order valence-electron chi connectivity index (χ2n) is 7.45. The number of hydrogen-bond donors (Lipinski definition) is 1. The van der Waals surface area contributed by atoms with Gasteiger partial charge in [-0.2, -0.15) is 0 Å². The van der Waals surface area contributed by atoms with Gasteiger partial charge in [-0.3, -0.25) is 4.79 Å². The van der Waals surface area contributed by atoms with E-state index in [4.69, 9.17) is 17.0 Å². The lowest BCUT2D eigenvalue weighted by Crippen LogP contribution is -2.17. The molecule has 156 valence electrons. The van der Waals surface area contributed by atoms with Crippen LogP contribution in [-0.2, 0) is 4.79 Å². The van der Waals surface area contributed by atoms with Crippen LogP contribution in [0.15, 0.2) is 89.8 Å². The molecule has 0 spiro atoms. The molecular weight excluding hydrogens is 434 g/mol. The predicted octanol–water partition coefficient (Wildman–Crippen LogP) is 6.67. The average molecular weight is 454 g/mol. The first-order valence-electron chi connectivity index (χ1n) is 10.1. The Hall–Kier alpha value is -3.41. The second kappa shape index (κ2) is 8.61. The molecule has 0 radical (unpaired) electrons. The highest BCUT2D eigenvalue weighted by atomic mass is 32.2. The van der Waals surface area contributed by atoms with Crippen LogP contribution in [-0.4, -0.2) is 17.3 Å². The maximum atomic E-state index is 11.9. The Morgan fingerprint density at radius 3 is 2.31 bits per heavy atom. The molecule has 5 heteroatoms. The molecule has 1 aliphatic heterocycles. The highest BCUT2D eigenvalue weighted by molar-refractivity contribution is 8.26. The van der Waals surface area contributed by atoms with Crippen LogP contribution in [0.5, 0.6) is 5.75 Å². The van der Waals surface area contributed by atoms with Crippen LogP contribution in [0.3, 0.4) is 0 Å². The minimum Gasteiger partial charge on any atom is -0.496 e. The monoisotopic (exact) mass is 453 g/mol. The lowest BCUT2D eigenvalue weighted by molar-refractivity contribution is -0.115. The number of hydrogen-bond acceptors (Lipinski definition) is 4. The Morgan fingerprint density at radius 2 is 1.56 bits per heavy atom. The van der Waals surface area contributed by atoms with E-state index in [2.05, 4.69) is 59.9 Å². The predicted molar refractivity (Wildman–Crippen MR) is 138 cm³/mol. The van der Waals surface area contributed by atoms with Gasteiger partial charge in [0.05, 0.1) is 12.0 Å². The van der Waals surface area contributed by atoms with Crippen LogP contribution in [0.2, 0.25) is 0 Å². The van der Waals surface area contributed by atoms with Crippen molar-refractivity contribution in [1.82, 2.24) is 5.32 Å². The van der Waals surface area contributed by atoms with E-state index in [-0.39, 0.29) is 5.91 Å². The van der Waals surface area contributed by atoms with Gasteiger partial charge in [0, 0.05) is 5.56 Å². The number of methoxy groups -OCH3 is 1. The molecule has 1 N–H and O–H groups in total. The minimum absolute atomic E-state index is 0.135. The summed E-state index contributed by atoms with van der Waals surface area (Å²) in [4.78, 5) is 12.6. The summed E-state index contributed by atoms with van der Waals surface area (Å²) in [6, 6.07) is 29.2. The van der Waals surface area contributed by atoms with Gasteiger partial charge in [-0.1, -0.05) is 84.6 Å². The van der Waals surface area contributed by atoms with Crippen molar-refractivity contribution in [2.24, 2.45) is 0 Å². The minimum atomic E-state index is -0.135. The number of thiocarbonyl (C=S) groups is 1. The lowest BCUT2D eigenvalue weighted by Gasteiger charge is -2.12. The molecule has 3 nitrogen and oxygen atoms in total. The van der Waals surface area contributed by atoms with Crippen molar-refractivity contribution in [2.45, 2.75) is 0 Å². The topological polar surface area (TPSA) is 38.3 Å². The van der Waals surface area contributed by atoms with Gasteiger partial charge < -0.3 is 10.1 Å². The molecule has 1 fully saturated rings. The third-order valence-corrected chi connectivity index (χ3v) is 6.58. The molecule has 0 atom stereocenters. The molecule has 5 rings (SSSR count). The zero-order chi connectivity index (χ0) is 22.1. The Balaban J connectivity index is 1.51. The summed E-state index contributed by atoms with van der Waals surface area (Å²) in [6.07, 6.45) is 1.88. The van der Waals surface area contributed by atoms with Gasteiger partial charge in [0.15, 0.2) is 0 Å². The first-order chi connectivity index (χ1) is 15.6. The van der Waals surface area contributed by atoms with E-state index < -0.39 is 0 Å². The first kappa shape index (κ1) is 20.5. The zero-order valence-electron chi connectivity index (χ0n) is 17.3. The quantitative estimate of drug-likeness (QED) is 0.277. The fraction of sp³-hybridized carbons (Fsp3) is 0.0370. The second-order valence-corrected chi connectivity index (χ2v) is 9.17. The first-order valence-corrected chi connectivity index (χ1v) is 11.4. The Bertz CT molecular complexity index is 1390. The Morgan fingerprint density at radius 1 is 0.844 bits per heavy atom. The molecule has 1 aliphatic rings. The standard InChI is InChI=1S/C27H19NO2S2/c1-30-24-12-11-22(16-23(24)18-5-3-2-4-6-18)21-10-9-19-13-17(7-8-20(19)15-21)14-25-26(29)28-27(31)32-25/h2-16H,1H3,(H,28,29,31). The lowest BCUT2D eigenvalue weighted by atomic mass is 9.96. The summed E-state index contributed by atoms with van der Waals surface area (Å²) in [7, 11) is 1.70.